The molecule has 0 bridgehead atoms. The fourth-order valence-corrected chi connectivity index (χ4v) is 4.80. The van der Waals surface area contributed by atoms with Gasteiger partial charge in [0.05, 0.1) is 4.90 Å². The van der Waals surface area contributed by atoms with Crippen LogP contribution in [0.4, 0.5) is 0 Å². The molecule has 1 N–H and O–H groups in total. The van der Waals surface area contributed by atoms with Crippen molar-refractivity contribution in [2.24, 2.45) is 0 Å². The number of carboxylic acid groups (broad SMARTS) is 1. The van der Waals surface area contributed by atoms with Gasteiger partial charge in [-0.25, -0.2) is 13.2 Å². The van der Waals surface area contributed by atoms with Crippen LogP contribution < -0.4 is 29.6 Å². The average Bonchev–Trinajstić information content (AvgIpc) is 2.77. The summed E-state index contributed by atoms with van der Waals surface area (Å²) in [5.41, 5.74) is 0. The average molecular weight is 496 g/mol. The predicted molar refractivity (Wildman–Crippen MR) is 117 cm³/mol. The molecule has 4 aromatic carbocycles. The third-order valence-electron chi connectivity index (χ3n) is 4.38. The Morgan fingerprint density at radius 3 is 1.64 bits per heavy atom. The number of benzene rings is 4. The van der Waals surface area contributed by atoms with Crippen LogP contribution in [0, 0.1) is 0 Å². The minimum absolute atomic E-state index is 0. The van der Waals surface area contributed by atoms with Gasteiger partial charge < -0.3 is 9.66 Å². The van der Waals surface area contributed by atoms with E-state index in [1.165, 1.54) is 12.1 Å². The van der Waals surface area contributed by atoms with Crippen molar-refractivity contribution in [3.63, 3.8) is 0 Å². The van der Waals surface area contributed by atoms with E-state index in [0.29, 0.717) is 10.8 Å². The number of carbonyl (C=O) groups is 1. The molecule has 0 heterocycles. The molecule has 0 aliphatic heterocycles. The summed E-state index contributed by atoms with van der Waals surface area (Å²) in [4.78, 5) is 10.2. The van der Waals surface area contributed by atoms with E-state index in [0.717, 1.165) is 10.8 Å². The van der Waals surface area contributed by atoms with Crippen LogP contribution in [0.1, 0.15) is 0 Å². The Bertz CT molecular complexity index is 1490. The standard InChI is InChI=1S/C12H10O5S.C10H8O3S.Na/c13-12(14)8-17-18(15,16)11-7-3-5-9-4-1-2-6-10(9)11;11-14(12,13)10-7-3-5-8-4-1-2-6-9(8)10;/h1-7H,8H2,(H,13,14);1-7H,(H,11,12,13);/q;;+1/p-1. The molecule has 0 spiro atoms. The number of fused-ring (bicyclic) bond motifs is 2. The van der Waals surface area contributed by atoms with Crippen LogP contribution in [-0.4, -0.2) is 39.1 Å². The number of rotatable bonds is 5. The largest absolute Gasteiger partial charge is 1.00 e. The van der Waals surface area contributed by atoms with Crippen LogP contribution in [0.3, 0.4) is 0 Å². The van der Waals surface area contributed by atoms with Crippen molar-refractivity contribution in [3.05, 3.63) is 84.9 Å². The Kier molecular flexibility index (Phi) is 9.15. The van der Waals surface area contributed by atoms with Crippen molar-refractivity contribution < 1.29 is 65.0 Å². The van der Waals surface area contributed by atoms with E-state index in [9.17, 15) is 26.2 Å². The molecule has 166 valence electrons. The van der Waals surface area contributed by atoms with Gasteiger partial charge in [0.2, 0.25) is 0 Å². The van der Waals surface area contributed by atoms with Crippen molar-refractivity contribution >= 4 is 47.8 Å². The van der Waals surface area contributed by atoms with Crippen LogP contribution >= 0.6 is 0 Å². The quantitative estimate of drug-likeness (QED) is 0.238. The third kappa shape index (κ3) is 6.84. The van der Waals surface area contributed by atoms with Gasteiger partial charge in [-0.3, -0.25) is 4.18 Å². The first-order valence-electron chi connectivity index (χ1n) is 9.12. The van der Waals surface area contributed by atoms with Gasteiger partial charge in [-0.15, -0.1) is 0 Å². The maximum Gasteiger partial charge on any atom is 1.00 e. The molecule has 0 amide bonds. The van der Waals surface area contributed by atoms with E-state index in [1.807, 2.05) is 0 Å². The van der Waals surface area contributed by atoms with E-state index in [-0.39, 0.29) is 39.3 Å². The molecular formula is C22H17NaO8S2. The number of carboxylic acids is 1. The molecule has 0 radical (unpaired) electrons. The van der Waals surface area contributed by atoms with Crippen molar-refractivity contribution in [3.8, 4) is 0 Å². The molecule has 0 aliphatic carbocycles. The number of hydrogen-bond acceptors (Lipinski definition) is 7. The summed E-state index contributed by atoms with van der Waals surface area (Å²) < 4.78 is 60.9. The summed E-state index contributed by atoms with van der Waals surface area (Å²) in [6, 6.07) is 23.2. The topological polar surface area (TPSA) is 138 Å². The summed E-state index contributed by atoms with van der Waals surface area (Å²) in [7, 11) is -8.44. The second-order valence-electron chi connectivity index (χ2n) is 6.52. The fraction of sp³-hybridized carbons (Fsp3) is 0.0455. The molecule has 8 nitrogen and oxygen atoms in total. The molecule has 0 atom stereocenters. The summed E-state index contributed by atoms with van der Waals surface area (Å²) in [5, 5.41) is 10.9. The van der Waals surface area contributed by atoms with E-state index in [2.05, 4.69) is 4.18 Å². The maximum absolute atomic E-state index is 11.9. The van der Waals surface area contributed by atoms with Gasteiger partial charge >= 0.3 is 35.5 Å². The monoisotopic (exact) mass is 496 g/mol. The second kappa shape index (κ2) is 11.2. The summed E-state index contributed by atoms with van der Waals surface area (Å²) in [6.07, 6.45) is 0. The Balaban J connectivity index is 0.000000233. The normalized spacial score (nSPS) is 11.3. The summed E-state index contributed by atoms with van der Waals surface area (Å²) in [6.45, 7) is -0.883. The van der Waals surface area contributed by atoms with Crippen LogP contribution in [0.15, 0.2) is 94.7 Å². The van der Waals surface area contributed by atoms with Gasteiger partial charge in [-0.1, -0.05) is 72.8 Å². The molecule has 0 unspecified atom stereocenters. The minimum Gasteiger partial charge on any atom is -0.744 e. The minimum atomic E-state index is -4.38. The van der Waals surface area contributed by atoms with Gasteiger partial charge in [0.1, 0.15) is 15.0 Å². The molecular weight excluding hydrogens is 479 g/mol. The summed E-state index contributed by atoms with van der Waals surface area (Å²) >= 11 is 0. The Hall–Kier alpha value is -2.31. The molecule has 11 heteroatoms. The Morgan fingerprint density at radius 2 is 1.15 bits per heavy atom. The number of aliphatic carboxylic acids is 1. The molecule has 0 aromatic heterocycles. The van der Waals surface area contributed by atoms with Gasteiger partial charge in [0.25, 0.3) is 10.1 Å². The van der Waals surface area contributed by atoms with Crippen molar-refractivity contribution in [2.45, 2.75) is 9.79 Å². The summed E-state index contributed by atoms with van der Waals surface area (Å²) in [5.74, 6) is -1.33. The zero-order valence-electron chi connectivity index (χ0n) is 17.4. The Labute approximate surface area is 213 Å². The smallest absolute Gasteiger partial charge is 0.744 e. The van der Waals surface area contributed by atoms with Crippen molar-refractivity contribution in [2.75, 3.05) is 6.61 Å². The fourth-order valence-electron chi connectivity index (χ4n) is 3.02. The van der Waals surface area contributed by atoms with Gasteiger partial charge in [0.15, 0.2) is 6.61 Å². The van der Waals surface area contributed by atoms with Crippen LogP contribution in [0.25, 0.3) is 21.5 Å². The molecule has 0 saturated carbocycles. The molecule has 33 heavy (non-hydrogen) atoms. The van der Waals surface area contributed by atoms with Crippen molar-refractivity contribution in [1.82, 2.24) is 0 Å². The maximum atomic E-state index is 11.9. The van der Waals surface area contributed by atoms with E-state index < -0.39 is 32.8 Å². The molecule has 0 fully saturated rings. The molecule has 4 aromatic rings. The van der Waals surface area contributed by atoms with Gasteiger partial charge in [-0.2, -0.15) is 8.42 Å². The first kappa shape index (κ1) is 26.9. The second-order valence-corrected chi connectivity index (χ2v) is 9.45. The van der Waals surface area contributed by atoms with E-state index in [1.54, 1.807) is 72.8 Å². The van der Waals surface area contributed by atoms with Crippen molar-refractivity contribution in [1.29, 1.82) is 0 Å². The zero-order chi connectivity index (χ0) is 23.4. The third-order valence-corrected chi connectivity index (χ3v) is 6.59. The van der Waals surface area contributed by atoms with Gasteiger partial charge in [-0.05, 0) is 28.3 Å². The first-order valence-corrected chi connectivity index (χ1v) is 11.9. The van der Waals surface area contributed by atoms with Crippen LogP contribution in [0.5, 0.6) is 0 Å². The first-order chi connectivity index (χ1) is 15.1. The Morgan fingerprint density at radius 1 is 0.727 bits per heavy atom. The molecule has 0 aliphatic rings. The predicted octanol–water partition coefficient (Wildman–Crippen LogP) is 0.378. The number of hydrogen-bond donors (Lipinski definition) is 1. The van der Waals surface area contributed by atoms with E-state index in [4.69, 9.17) is 5.11 Å². The SMILES string of the molecule is O=C(O)COS(=O)(=O)c1cccc2ccccc12.O=S(=O)([O-])c1cccc2ccccc12.[Na+]. The molecule has 0 saturated heterocycles. The zero-order valence-corrected chi connectivity index (χ0v) is 21.0. The van der Waals surface area contributed by atoms with Crippen LogP contribution in [0.2, 0.25) is 0 Å². The van der Waals surface area contributed by atoms with Crippen LogP contribution in [-0.2, 0) is 29.2 Å². The van der Waals surface area contributed by atoms with Gasteiger partial charge in [0, 0.05) is 5.39 Å². The van der Waals surface area contributed by atoms with E-state index >= 15 is 0 Å². The molecule has 4 rings (SSSR count).